The van der Waals surface area contributed by atoms with E-state index in [1.54, 1.807) is 0 Å². The van der Waals surface area contributed by atoms with Crippen LogP contribution in [0, 0.1) is 0 Å². The van der Waals surface area contributed by atoms with Crippen molar-refractivity contribution in [3.63, 3.8) is 0 Å². The van der Waals surface area contributed by atoms with Gasteiger partial charge >= 0.3 is 5.97 Å². The molecule has 1 saturated heterocycles. The van der Waals surface area contributed by atoms with Crippen LogP contribution in [-0.2, 0) is 10.3 Å². The zero-order chi connectivity index (χ0) is 15.3. The fourth-order valence-electron chi connectivity index (χ4n) is 3.25. The number of nitrogens with two attached hydrogens (primary N) is 1. The lowest BCUT2D eigenvalue weighted by Crippen LogP contribution is -2.55. The van der Waals surface area contributed by atoms with Gasteiger partial charge < -0.3 is 10.8 Å². The average molecular weight is 290 g/mol. The summed E-state index contributed by atoms with van der Waals surface area (Å²) in [6.45, 7) is 3.49. The monoisotopic (exact) mass is 290 g/mol. The number of rotatable bonds is 5. The second kappa shape index (κ2) is 7.05. The lowest BCUT2D eigenvalue weighted by molar-refractivity contribution is -0.144. The van der Waals surface area contributed by atoms with Crippen LogP contribution in [0.1, 0.15) is 44.6 Å². The zero-order valence-electron chi connectivity index (χ0n) is 12.8. The van der Waals surface area contributed by atoms with Crippen LogP contribution < -0.4 is 5.73 Å². The Kier molecular flexibility index (Phi) is 5.37. The maximum atomic E-state index is 11.8. The summed E-state index contributed by atoms with van der Waals surface area (Å²) in [7, 11) is 0. The summed E-state index contributed by atoms with van der Waals surface area (Å²) in [5, 5.41) is 9.69. The minimum absolute atomic E-state index is 0.380. The molecule has 0 saturated carbocycles. The Balaban J connectivity index is 2.24. The summed E-state index contributed by atoms with van der Waals surface area (Å²) < 4.78 is 0. The standard InChI is InChI=1S/C17H26N2O2/c1-2-15-11-7-4-8-12-19(15)13-17(18,16(20)21)14-9-5-3-6-10-14/h3,5-6,9-10,15H,2,4,7-8,11-13,18H2,1H3,(H,20,21). The smallest absolute Gasteiger partial charge is 0.329 e. The molecule has 4 heteroatoms. The Morgan fingerprint density at radius 1 is 1.33 bits per heavy atom. The van der Waals surface area contributed by atoms with E-state index in [1.165, 1.54) is 12.8 Å². The number of likely N-dealkylation sites (tertiary alicyclic amines) is 1. The molecule has 1 heterocycles. The number of aliphatic carboxylic acids is 1. The van der Waals surface area contributed by atoms with E-state index in [9.17, 15) is 9.90 Å². The largest absolute Gasteiger partial charge is 0.480 e. The van der Waals surface area contributed by atoms with Crippen molar-refractivity contribution in [3.8, 4) is 0 Å². The molecule has 0 aliphatic carbocycles. The fraction of sp³-hybridized carbons (Fsp3) is 0.588. The topological polar surface area (TPSA) is 66.6 Å². The highest BCUT2D eigenvalue weighted by Crippen LogP contribution is 2.25. The van der Waals surface area contributed by atoms with Crippen LogP contribution in [0.2, 0.25) is 0 Å². The van der Waals surface area contributed by atoms with Gasteiger partial charge in [0.05, 0.1) is 0 Å². The third-order valence-corrected chi connectivity index (χ3v) is 4.59. The maximum Gasteiger partial charge on any atom is 0.329 e. The van der Waals surface area contributed by atoms with Crippen molar-refractivity contribution in [2.24, 2.45) is 5.73 Å². The van der Waals surface area contributed by atoms with E-state index in [4.69, 9.17) is 5.73 Å². The highest BCUT2D eigenvalue weighted by Gasteiger charge is 2.39. The summed E-state index contributed by atoms with van der Waals surface area (Å²) in [4.78, 5) is 14.1. The molecule has 21 heavy (non-hydrogen) atoms. The Labute approximate surface area is 126 Å². The summed E-state index contributed by atoms with van der Waals surface area (Å²) in [5.74, 6) is -0.951. The number of carboxylic acid groups (broad SMARTS) is 1. The highest BCUT2D eigenvalue weighted by molar-refractivity contribution is 5.80. The lowest BCUT2D eigenvalue weighted by atomic mass is 9.89. The van der Waals surface area contributed by atoms with Gasteiger partial charge in [0.1, 0.15) is 0 Å². The Morgan fingerprint density at radius 2 is 2.05 bits per heavy atom. The average Bonchev–Trinajstić information content (AvgIpc) is 2.72. The van der Waals surface area contributed by atoms with Crippen molar-refractivity contribution in [2.45, 2.75) is 50.6 Å². The number of benzene rings is 1. The van der Waals surface area contributed by atoms with E-state index in [0.717, 1.165) is 25.8 Å². The van der Waals surface area contributed by atoms with Crippen LogP contribution in [0.25, 0.3) is 0 Å². The number of carboxylic acids is 1. The molecular formula is C17H26N2O2. The number of hydrogen-bond acceptors (Lipinski definition) is 3. The van der Waals surface area contributed by atoms with E-state index in [0.29, 0.717) is 18.2 Å². The molecule has 1 fully saturated rings. The van der Waals surface area contributed by atoms with Gasteiger partial charge in [-0.1, -0.05) is 50.1 Å². The third kappa shape index (κ3) is 3.63. The SMILES string of the molecule is CCC1CCCCCN1CC(N)(C(=O)O)c1ccccc1. The summed E-state index contributed by atoms with van der Waals surface area (Å²) in [5.41, 5.74) is 5.66. The molecule has 4 nitrogen and oxygen atoms in total. The molecule has 0 bridgehead atoms. The molecule has 0 amide bonds. The second-order valence-electron chi connectivity index (χ2n) is 6.02. The first-order valence-corrected chi connectivity index (χ1v) is 7.89. The normalized spacial score (nSPS) is 23.2. The quantitative estimate of drug-likeness (QED) is 0.874. The van der Waals surface area contributed by atoms with Crippen LogP contribution in [0.4, 0.5) is 0 Å². The van der Waals surface area contributed by atoms with Gasteiger partial charge in [-0.25, -0.2) is 4.79 Å². The summed E-state index contributed by atoms with van der Waals surface area (Å²) in [6.07, 6.45) is 5.76. The van der Waals surface area contributed by atoms with Gasteiger partial charge in [0.2, 0.25) is 0 Å². The van der Waals surface area contributed by atoms with Gasteiger partial charge in [-0.05, 0) is 31.4 Å². The molecule has 1 aliphatic rings. The molecule has 0 radical (unpaired) electrons. The first-order chi connectivity index (χ1) is 10.1. The molecule has 2 unspecified atom stereocenters. The van der Waals surface area contributed by atoms with Crippen molar-refractivity contribution in [1.82, 2.24) is 4.90 Å². The van der Waals surface area contributed by atoms with Crippen molar-refractivity contribution in [2.75, 3.05) is 13.1 Å². The van der Waals surface area contributed by atoms with Gasteiger partial charge in [0.25, 0.3) is 0 Å². The van der Waals surface area contributed by atoms with Crippen LogP contribution in [-0.4, -0.2) is 35.1 Å². The summed E-state index contributed by atoms with van der Waals surface area (Å²) in [6, 6.07) is 9.64. The van der Waals surface area contributed by atoms with Crippen LogP contribution in [0.15, 0.2) is 30.3 Å². The minimum Gasteiger partial charge on any atom is -0.480 e. The molecule has 3 N–H and O–H groups in total. The molecule has 2 rings (SSSR count). The molecule has 0 spiro atoms. The first kappa shape index (κ1) is 16.0. The third-order valence-electron chi connectivity index (χ3n) is 4.59. The second-order valence-corrected chi connectivity index (χ2v) is 6.02. The highest BCUT2D eigenvalue weighted by atomic mass is 16.4. The van der Waals surface area contributed by atoms with Crippen molar-refractivity contribution in [1.29, 1.82) is 0 Å². The van der Waals surface area contributed by atoms with E-state index < -0.39 is 11.5 Å². The van der Waals surface area contributed by atoms with Crippen molar-refractivity contribution < 1.29 is 9.90 Å². The van der Waals surface area contributed by atoms with Gasteiger partial charge in [-0.15, -0.1) is 0 Å². The van der Waals surface area contributed by atoms with Gasteiger partial charge in [0, 0.05) is 12.6 Å². The van der Waals surface area contributed by atoms with E-state index in [-0.39, 0.29) is 0 Å². The fourth-order valence-corrected chi connectivity index (χ4v) is 3.25. The number of nitrogens with zero attached hydrogens (tertiary/aromatic N) is 1. The minimum atomic E-state index is -1.33. The molecular weight excluding hydrogens is 264 g/mol. The zero-order valence-corrected chi connectivity index (χ0v) is 12.8. The van der Waals surface area contributed by atoms with Crippen LogP contribution in [0.3, 0.4) is 0 Å². The molecule has 1 aliphatic heterocycles. The number of carbonyl (C=O) groups is 1. The predicted molar refractivity (Wildman–Crippen MR) is 84.1 cm³/mol. The van der Waals surface area contributed by atoms with E-state index in [2.05, 4.69) is 11.8 Å². The van der Waals surface area contributed by atoms with Gasteiger partial charge in [0.15, 0.2) is 5.54 Å². The predicted octanol–water partition coefficient (Wildman–Crippen LogP) is 2.58. The Morgan fingerprint density at radius 3 is 2.67 bits per heavy atom. The summed E-state index contributed by atoms with van der Waals surface area (Å²) >= 11 is 0. The lowest BCUT2D eigenvalue weighted by Gasteiger charge is -2.36. The molecule has 116 valence electrons. The van der Waals surface area contributed by atoms with E-state index in [1.807, 2.05) is 30.3 Å². The van der Waals surface area contributed by atoms with Gasteiger partial charge in [-0.3, -0.25) is 4.90 Å². The van der Waals surface area contributed by atoms with Crippen LogP contribution in [0.5, 0.6) is 0 Å². The molecule has 1 aromatic rings. The van der Waals surface area contributed by atoms with E-state index >= 15 is 0 Å². The first-order valence-electron chi connectivity index (χ1n) is 7.89. The molecule has 1 aromatic carbocycles. The Bertz CT molecular complexity index is 463. The van der Waals surface area contributed by atoms with Crippen molar-refractivity contribution in [3.05, 3.63) is 35.9 Å². The number of hydrogen-bond donors (Lipinski definition) is 2. The van der Waals surface area contributed by atoms with Gasteiger partial charge in [-0.2, -0.15) is 0 Å². The molecule has 2 atom stereocenters. The maximum absolute atomic E-state index is 11.8. The Hall–Kier alpha value is -1.39. The van der Waals surface area contributed by atoms with Crippen LogP contribution >= 0.6 is 0 Å². The van der Waals surface area contributed by atoms with Crippen molar-refractivity contribution >= 4 is 5.97 Å². The molecule has 0 aromatic heterocycles.